The molecule has 0 bridgehead atoms. The van der Waals surface area contributed by atoms with Gasteiger partial charge in [0.1, 0.15) is 6.29 Å². The number of benzene rings is 1. The molecule has 0 aromatic heterocycles. The minimum absolute atomic E-state index is 0.750. The van der Waals surface area contributed by atoms with E-state index < -0.39 is 0 Å². The summed E-state index contributed by atoms with van der Waals surface area (Å²) in [4.78, 5) is 8.81. The summed E-state index contributed by atoms with van der Waals surface area (Å²) in [6.45, 7) is 2.50. The number of carbonyl (C=O) groups excluding carboxylic acids is 1. The van der Waals surface area contributed by atoms with Crippen LogP contribution in [0.5, 0.6) is 0 Å². The van der Waals surface area contributed by atoms with Gasteiger partial charge in [-0.15, -0.1) is 0 Å². The number of fused-ring (bicyclic) bond motifs is 1. The number of aryl methyl sites for hydroxylation is 1. The molecule has 0 aliphatic carbocycles. The van der Waals surface area contributed by atoms with Crippen molar-refractivity contribution < 1.29 is 4.79 Å². The Morgan fingerprint density at radius 2 is 2.27 bits per heavy atom. The van der Waals surface area contributed by atoms with Gasteiger partial charge in [0.25, 0.3) is 0 Å². The van der Waals surface area contributed by atoms with E-state index in [4.69, 9.17) is 10.1 Å². The summed E-state index contributed by atoms with van der Waals surface area (Å²) in [6.07, 6.45) is 3.01. The van der Waals surface area contributed by atoms with E-state index in [2.05, 4.69) is 11.4 Å². The highest BCUT2D eigenvalue weighted by atomic mass is 16.1. The lowest BCUT2D eigenvalue weighted by molar-refractivity contribution is -0.106. The van der Waals surface area contributed by atoms with Crippen molar-refractivity contribution >= 4 is 12.0 Å². The summed E-state index contributed by atoms with van der Waals surface area (Å²) in [5.41, 5.74) is 3.23. The Morgan fingerprint density at radius 3 is 2.93 bits per heavy atom. The van der Waals surface area contributed by atoms with Gasteiger partial charge in [-0.05, 0) is 43.5 Å². The van der Waals surface area contributed by atoms with Crippen molar-refractivity contribution in [2.75, 3.05) is 11.9 Å². The second kappa shape index (κ2) is 5.82. The van der Waals surface area contributed by atoms with Crippen molar-refractivity contribution in [2.24, 2.45) is 0 Å². The molecule has 2 rings (SSSR count). The third-order valence-electron chi connectivity index (χ3n) is 2.17. The summed E-state index contributed by atoms with van der Waals surface area (Å²) < 4.78 is 0. The quantitative estimate of drug-likeness (QED) is 0.655. The fraction of sp³-hybridized carbons (Fsp3) is 0.333. The first kappa shape index (κ1) is 11.3. The monoisotopic (exact) mass is 202 g/mol. The third kappa shape index (κ3) is 3.10. The SMILES string of the molecule is CC=O.N#Cc1ccc2c(c1)CCCN2. The summed E-state index contributed by atoms with van der Waals surface area (Å²) in [7, 11) is 0. The molecule has 15 heavy (non-hydrogen) atoms. The molecule has 78 valence electrons. The van der Waals surface area contributed by atoms with Gasteiger partial charge in [-0.3, -0.25) is 0 Å². The predicted octanol–water partition coefficient (Wildman–Crippen LogP) is 2.12. The molecule has 3 heteroatoms. The molecule has 1 heterocycles. The minimum Gasteiger partial charge on any atom is -0.385 e. The van der Waals surface area contributed by atoms with E-state index in [1.54, 1.807) is 0 Å². The van der Waals surface area contributed by atoms with Crippen molar-refractivity contribution in [3.8, 4) is 6.07 Å². The molecule has 0 radical (unpaired) electrons. The molecule has 0 spiro atoms. The fourth-order valence-electron chi connectivity index (χ4n) is 1.54. The Hall–Kier alpha value is -1.82. The van der Waals surface area contributed by atoms with Crippen molar-refractivity contribution in [3.05, 3.63) is 29.3 Å². The third-order valence-corrected chi connectivity index (χ3v) is 2.17. The Morgan fingerprint density at radius 1 is 1.53 bits per heavy atom. The molecule has 0 saturated heterocycles. The average molecular weight is 202 g/mol. The standard InChI is InChI=1S/C10H10N2.C2H4O/c11-7-8-3-4-10-9(6-8)2-1-5-12-10;1-2-3/h3-4,6,12H,1-2,5H2;2H,1H3. The molecule has 1 aromatic carbocycles. The molecule has 0 unspecified atom stereocenters. The zero-order valence-corrected chi connectivity index (χ0v) is 8.79. The highest BCUT2D eigenvalue weighted by Crippen LogP contribution is 2.22. The van der Waals surface area contributed by atoms with Crippen LogP contribution in [0, 0.1) is 11.3 Å². The summed E-state index contributed by atoms with van der Waals surface area (Å²) in [5, 5.41) is 12.0. The maximum atomic E-state index is 8.81. The number of anilines is 1. The average Bonchev–Trinajstić information content (AvgIpc) is 2.29. The van der Waals surface area contributed by atoms with Crippen LogP contribution in [0.4, 0.5) is 5.69 Å². The molecule has 0 fully saturated rings. The first-order valence-corrected chi connectivity index (χ1v) is 4.98. The lowest BCUT2D eigenvalue weighted by Crippen LogP contribution is -2.11. The molecule has 0 amide bonds. The van der Waals surface area contributed by atoms with Crippen LogP contribution in [0.25, 0.3) is 0 Å². The van der Waals surface area contributed by atoms with Crippen LogP contribution in [-0.2, 0) is 11.2 Å². The lowest BCUT2D eigenvalue weighted by atomic mass is 10.0. The zero-order valence-electron chi connectivity index (χ0n) is 8.79. The van der Waals surface area contributed by atoms with Crippen LogP contribution >= 0.6 is 0 Å². The largest absolute Gasteiger partial charge is 0.385 e. The summed E-state index contributed by atoms with van der Waals surface area (Å²) >= 11 is 0. The molecule has 0 saturated carbocycles. The molecule has 3 nitrogen and oxygen atoms in total. The van der Waals surface area contributed by atoms with Crippen LogP contribution in [0.3, 0.4) is 0 Å². The highest BCUT2D eigenvalue weighted by molar-refractivity contribution is 5.56. The molecular formula is C12H14N2O. The number of rotatable bonds is 0. The van der Waals surface area contributed by atoms with E-state index in [9.17, 15) is 0 Å². The first-order chi connectivity index (χ1) is 7.31. The molecular weight excluding hydrogens is 188 g/mol. The van der Waals surface area contributed by atoms with Crippen molar-refractivity contribution in [1.82, 2.24) is 0 Å². The van der Waals surface area contributed by atoms with E-state index in [0.29, 0.717) is 0 Å². The number of nitrogens with zero attached hydrogens (tertiary/aromatic N) is 1. The van der Waals surface area contributed by atoms with E-state index >= 15 is 0 Å². The molecule has 1 aliphatic heterocycles. The topological polar surface area (TPSA) is 52.9 Å². The minimum atomic E-state index is 0.750. The highest BCUT2D eigenvalue weighted by Gasteiger charge is 2.07. The van der Waals surface area contributed by atoms with Crippen LogP contribution < -0.4 is 5.32 Å². The van der Waals surface area contributed by atoms with Crippen molar-refractivity contribution in [2.45, 2.75) is 19.8 Å². The smallest absolute Gasteiger partial charge is 0.116 e. The number of nitriles is 1. The van der Waals surface area contributed by atoms with Crippen molar-refractivity contribution in [3.63, 3.8) is 0 Å². The van der Waals surface area contributed by atoms with E-state index in [-0.39, 0.29) is 0 Å². The summed E-state index contributed by atoms with van der Waals surface area (Å²) in [5.74, 6) is 0. The summed E-state index contributed by atoms with van der Waals surface area (Å²) in [6, 6.07) is 7.97. The van der Waals surface area contributed by atoms with Gasteiger partial charge >= 0.3 is 0 Å². The molecule has 0 atom stereocenters. The predicted molar refractivity (Wildman–Crippen MR) is 59.7 cm³/mol. The van der Waals surface area contributed by atoms with Gasteiger partial charge in [-0.25, -0.2) is 0 Å². The van der Waals surface area contributed by atoms with Gasteiger partial charge in [0.05, 0.1) is 11.6 Å². The number of aldehydes is 1. The van der Waals surface area contributed by atoms with Crippen LogP contribution in [-0.4, -0.2) is 12.8 Å². The van der Waals surface area contributed by atoms with Gasteiger partial charge in [0.15, 0.2) is 0 Å². The maximum absolute atomic E-state index is 8.81. The molecule has 1 aliphatic rings. The fourth-order valence-corrected chi connectivity index (χ4v) is 1.54. The van der Waals surface area contributed by atoms with Crippen LogP contribution in [0.2, 0.25) is 0 Å². The number of nitrogens with one attached hydrogen (secondary N) is 1. The van der Waals surface area contributed by atoms with Gasteiger partial charge in [0, 0.05) is 12.2 Å². The van der Waals surface area contributed by atoms with Gasteiger partial charge < -0.3 is 10.1 Å². The maximum Gasteiger partial charge on any atom is 0.116 e. The number of hydrogen-bond donors (Lipinski definition) is 1. The number of carbonyl (C=O) groups is 1. The number of hydrogen-bond acceptors (Lipinski definition) is 3. The molecule has 1 N–H and O–H groups in total. The van der Waals surface area contributed by atoms with Gasteiger partial charge in [-0.2, -0.15) is 5.26 Å². The van der Waals surface area contributed by atoms with Crippen molar-refractivity contribution in [1.29, 1.82) is 5.26 Å². The molecule has 1 aromatic rings. The van der Waals surface area contributed by atoms with Gasteiger partial charge in [-0.1, -0.05) is 0 Å². The van der Waals surface area contributed by atoms with Gasteiger partial charge in [0.2, 0.25) is 0 Å². The Labute approximate surface area is 89.7 Å². The van der Waals surface area contributed by atoms with Crippen LogP contribution in [0.15, 0.2) is 18.2 Å². The van der Waals surface area contributed by atoms with E-state index in [1.807, 2.05) is 18.2 Å². The Balaban J connectivity index is 0.000000337. The Kier molecular flexibility index (Phi) is 4.36. The Bertz CT molecular complexity index is 380. The second-order valence-corrected chi connectivity index (χ2v) is 3.25. The normalized spacial score (nSPS) is 12.3. The zero-order chi connectivity index (χ0) is 11.1. The lowest BCUT2D eigenvalue weighted by Gasteiger charge is -2.17. The first-order valence-electron chi connectivity index (χ1n) is 4.98. The van der Waals surface area contributed by atoms with E-state index in [1.165, 1.54) is 24.6 Å². The van der Waals surface area contributed by atoms with Crippen LogP contribution in [0.1, 0.15) is 24.5 Å². The second-order valence-electron chi connectivity index (χ2n) is 3.25. The van der Waals surface area contributed by atoms with E-state index in [0.717, 1.165) is 24.8 Å².